The summed E-state index contributed by atoms with van der Waals surface area (Å²) in [5.41, 5.74) is 0.0318. The topological polar surface area (TPSA) is 43.4 Å². The summed E-state index contributed by atoms with van der Waals surface area (Å²) in [6.07, 6.45) is 1.90. The summed E-state index contributed by atoms with van der Waals surface area (Å²) in [6.45, 7) is 1.93. The molecule has 1 aromatic carbocycles. The minimum absolute atomic E-state index is 0.00978. The van der Waals surface area contributed by atoms with Gasteiger partial charge in [0.05, 0.1) is 0 Å². The van der Waals surface area contributed by atoms with Gasteiger partial charge < -0.3 is 4.74 Å². The third-order valence-corrected chi connectivity index (χ3v) is 3.36. The van der Waals surface area contributed by atoms with Crippen LogP contribution in [0.15, 0.2) is 30.3 Å². The van der Waals surface area contributed by atoms with Crippen molar-refractivity contribution in [3.63, 3.8) is 0 Å². The fourth-order valence-electron chi connectivity index (χ4n) is 2.12. The molecule has 0 N–H and O–H groups in total. The van der Waals surface area contributed by atoms with Crippen molar-refractivity contribution in [2.24, 2.45) is 5.41 Å². The molecule has 2 rings (SSSR count). The lowest BCUT2D eigenvalue weighted by molar-refractivity contribution is -0.159. The van der Waals surface area contributed by atoms with E-state index in [4.69, 9.17) is 4.74 Å². The monoisotopic (exact) mass is 232 g/mol. The molecule has 1 atom stereocenters. The Morgan fingerprint density at radius 1 is 1.35 bits per heavy atom. The van der Waals surface area contributed by atoms with Gasteiger partial charge in [-0.25, -0.2) is 0 Å². The second-order valence-corrected chi connectivity index (χ2v) is 4.67. The fourth-order valence-corrected chi connectivity index (χ4v) is 2.12. The lowest BCUT2D eigenvalue weighted by Gasteiger charge is -2.19. The first kappa shape index (κ1) is 11.8. The second-order valence-electron chi connectivity index (χ2n) is 4.67. The minimum atomic E-state index is -0.908. The maximum Gasteiger partial charge on any atom is 0.319 e. The smallest absolute Gasteiger partial charge is 0.319 e. The molecule has 0 aliphatic heterocycles. The first-order valence-electron chi connectivity index (χ1n) is 5.87. The first-order valence-corrected chi connectivity index (χ1v) is 5.87. The third kappa shape index (κ3) is 2.38. The number of hydrogen-bond donors (Lipinski definition) is 0. The van der Waals surface area contributed by atoms with E-state index in [0.29, 0.717) is 12.8 Å². The van der Waals surface area contributed by atoms with Crippen molar-refractivity contribution in [2.75, 3.05) is 0 Å². The van der Waals surface area contributed by atoms with Gasteiger partial charge in [-0.1, -0.05) is 30.3 Å². The number of benzene rings is 1. The number of ether oxygens (including phenoxy) is 1. The average molecular weight is 232 g/mol. The van der Waals surface area contributed by atoms with Crippen LogP contribution in [0.3, 0.4) is 0 Å². The molecule has 0 spiro atoms. The third-order valence-electron chi connectivity index (χ3n) is 3.36. The number of hydrogen-bond acceptors (Lipinski definition) is 3. The predicted octanol–water partition coefficient (Wildman–Crippen LogP) is 2.49. The van der Waals surface area contributed by atoms with Crippen LogP contribution in [0.5, 0.6) is 0 Å². The molecule has 0 radical (unpaired) electrons. The van der Waals surface area contributed by atoms with Crippen LogP contribution in [0, 0.1) is 5.41 Å². The summed E-state index contributed by atoms with van der Waals surface area (Å²) < 4.78 is 5.23. The Morgan fingerprint density at radius 3 is 2.65 bits per heavy atom. The summed E-state index contributed by atoms with van der Waals surface area (Å²) >= 11 is 0. The van der Waals surface area contributed by atoms with E-state index in [9.17, 15) is 9.59 Å². The molecule has 0 saturated heterocycles. The summed E-state index contributed by atoms with van der Waals surface area (Å²) in [5, 5.41) is 0. The molecule has 0 bridgehead atoms. The highest BCUT2D eigenvalue weighted by atomic mass is 16.5. The average Bonchev–Trinajstić information content (AvgIpc) is 2.69. The second kappa shape index (κ2) is 4.70. The number of ketones is 1. The number of carbonyl (C=O) groups excluding carboxylic acids is 2. The van der Waals surface area contributed by atoms with E-state index in [1.165, 1.54) is 0 Å². The van der Waals surface area contributed by atoms with E-state index in [0.717, 1.165) is 12.0 Å². The zero-order valence-electron chi connectivity index (χ0n) is 9.94. The maximum absolute atomic E-state index is 11.9. The molecule has 1 unspecified atom stereocenters. The van der Waals surface area contributed by atoms with Gasteiger partial charge in [-0.3, -0.25) is 9.59 Å². The van der Waals surface area contributed by atoms with Crippen LogP contribution in [-0.4, -0.2) is 11.8 Å². The standard InChI is InChI=1S/C14H16O3/c1-14(9-5-8-12(14)15)13(16)17-10-11-6-3-2-4-7-11/h2-4,6-7H,5,8-10H2,1H3. The number of esters is 1. The van der Waals surface area contributed by atoms with Crippen LogP contribution >= 0.6 is 0 Å². The molecule has 17 heavy (non-hydrogen) atoms. The van der Waals surface area contributed by atoms with Gasteiger partial charge in [-0.2, -0.15) is 0 Å². The molecule has 0 amide bonds. The highest BCUT2D eigenvalue weighted by Gasteiger charge is 2.45. The Hall–Kier alpha value is -1.64. The van der Waals surface area contributed by atoms with Crippen LogP contribution in [0.2, 0.25) is 0 Å². The Balaban J connectivity index is 1.96. The highest BCUT2D eigenvalue weighted by Crippen LogP contribution is 2.35. The van der Waals surface area contributed by atoms with E-state index in [-0.39, 0.29) is 18.4 Å². The van der Waals surface area contributed by atoms with Gasteiger partial charge in [0, 0.05) is 6.42 Å². The van der Waals surface area contributed by atoms with Crippen molar-refractivity contribution in [2.45, 2.75) is 32.8 Å². The van der Waals surface area contributed by atoms with Crippen molar-refractivity contribution in [1.82, 2.24) is 0 Å². The van der Waals surface area contributed by atoms with Crippen molar-refractivity contribution >= 4 is 11.8 Å². The van der Waals surface area contributed by atoms with E-state index < -0.39 is 5.41 Å². The number of rotatable bonds is 3. The number of Topliss-reactive ketones (excluding diaryl/α,β-unsaturated/α-hetero) is 1. The van der Waals surface area contributed by atoms with Crippen LogP contribution in [0.1, 0.15) is 31.7 Å². The summed E-state index contributed by atoms with van der Waals surface area (Å²) in [5.74, 6) is -0.376. The highest BCUT2D eigenvalue weighted by molar-refractivity contribution is 6.04. The van der Waals surface area contributed by atoms with Crippen LogP contribution in [-0.2, 0) is 20.9 Å². The molecule has 0 heterocycles. The number of carbonyl (C=O) groups is 2. The van der Waals surface area contributed by atoms with Crippen molar-refractivity contribution in [1.29, 1.82) is 0 Å². The zero-order valence-corrected chi connectivity index (χ0v) is 9.94. The first-order chi connectivity index (χ1) is 8.13. The van der Waals surface area contributed by atoms with Gasteiger partial charge in [0.25, 0.3) is 0 Å². The van der Waals surface area contributed by atoms with Gasteiger partial charge in [0.1, 0.15) is 17.8 Å². The molecular formula is C14H16O3. The van der Waals surface area contributed by atoms with Crippen LogP contribution in [0.4, 0.5) is 0 Å². The van der Waals surface area contributed by atoms with Gasteiger partial charge >= 0.3 is 5.97 Å². The summed E-state index contributed by atoms with van der Waals surface area (Å²) in [6, 6.07) is 9.49. The molecule has 3 nitrogen and oxygen atoms in total. The van der Waals surface area contributed by atoms with Crippen LogP contribution < -0.4 is 0 Å². The van der Waals surface area contributed by atoms with Crippen molar-refractivity contribution in [3.05, 3.63) is 35.9 Å². The Kier molecular flexibility index (Phi) is 3.27. The lowest BCUT2D eigenvalue weighted by Crippen LogP contribution is -2.33. The Labute approximate surface area is 101 Å². The van der Waals surface area contributed by atoms with Gasteiger partial charge in [-0.15, -0.1) is 0 Å². The largest absolute Gasteiger partial charge is 0.460 e. The van der Waals surface area contributed by atoms with Crippen LogP contribution in [0.25, 0.3) is 0 Å². The van der Waals surface area contributed by atoms with Gasteiger partial charge in [0.2, 0.25) is 0 Å². The summed E-state index contributed by atoms with van der Waals surface area (Å²) in [7, 11) is 0. The van der Waals surface area contributed by atoms with Gasteiger partial charge in [-0.05, 0) is 25.3 Å². The molecule has 90 valence electrons. The minimum Gasteiger partial charge on any atom is -0.460 e. The molecule has 1 saturated carbocycles. The van der Waals surface area contributed by atoms with Crippen molar-refractivity contribution < 1.29 is 14.3 Å². The Morgan fingerprint density at radius 2 is 2.06 bits per heavy atom. The normalized spacial score (nSPS) is 23.7. The quantitative estimate of drug-likeness (QED) is 0.594. The zero-order chi connectivity index (χ0) is 12.3. The Bertz CT molecular complexity index is 424. The molecule has 1 aliphatic carbocycles. The van der Waals surface area contributed by atoms with E-state index in [1.54, 1.807) is 6.92 Å². The molecular weight excluding hydrogens is 216 g/mol. The molecule has 1 aromatic rings. The maximum atomic E-state index is 11.9. The molecule has 0 aromatic heterocycles. The lowest BCUT2D eigenvalue weighted by atomic mass is 9.88. The van der Waals surface area contributed by atoms with E-state index in [1.807, 2.05) is 30.3 Å². The fraction of sp³-hybridized carbons (Fsp3) is 0.429. The molecule has 1 fully saturated rings. The van der Waals surface area contributed by atoms with Gasteiger partial charge in [0.15, 0.2) is 0 Å². The van der Waals surface area contributed by atoms with Crippen molar-refractivity contribution in [3.8, 4) is 0 Å². The molecule has 1 aliphatic rings. The predicted molar refractivity (Wildman–Crippen MR) is 63.2 cm³/mol. The van der Waals surface area contributed by atoms with E-state index in [2.05, 4.69) is 0 Å². The van der Waals surface area contributed by atoms with E-state index >= 15 is 0 Å². The SMILES string of the molecule is CC1(C(=O)OCc2ccccc2)CCCC1=O. The summed E-state index contributed by atoms with van der Waals surface area (Å²) in [4.78, 5) is 23.6. The molecule has 3 heteroatoms.